The number of nitrogens with zero attached hydrogens (tertiary/aromatic N) is 1. The summed E-state index contributed by atoms with van der Waals surface area (Å²) < 4.78 is 25.3. The van der Waals surface area contributed by atoms with Gasteiger partial charge in [0.1, 0.15) is 0 Å². The molecular weight excluding hydrogens is 412 g/mol. The van der Waals surface area contributed by atoms with Gasteiger partial charge in [-0.2, -0.15) is 0 Å². The van der Waals surface area contributed by atoms with E-state index in [0.717, 1.165) is 22.9 Å². The summed E-state index contributed by atoms with van der Waals surface area (Å²) in [7, 11) is -1.17. The molecule has 0 atom stereocenters. The van der Waals surface area contributed by atoms with Crippen LogP contribution in [0.1, 0.15) is 42.6 Å². The molecule has 2 aromatic carbocycles. The third-order valence-electron chi connectivity index (χ3n) is 5.41. The van der Waals surface area contributed by atoms with Crippen molar-refractivity contribution in [2.75, 3.05) is 20.7 Å². The van der Waals surface area contributed by atoms with Gasteiger partial charge in [0.15, 0.2) is 0 Å². The third kappa shape index (κ3) is 5.17. The van der Waals surface area contributed by atoms with E-state index in [4.69, 9.17) is 16.4 Å². The maximum atomic E-state index is 12.6. The number of halogens is 1. The smallest absolute Gasteiger partial charge is 0.264 e. The molecule has 0 spiro atoms. The van der Waals surface area contributed by atoms with E-state index in [1.807, 2.05) is 24.3 Å². The van der Waals surface area contributed by atoms with Gasteiger partial charge in [0.05, 0.1) is 12.0 Å². The molecule has 0 aliphatic heterocycles. The van der Waals surface area contributed by atoms with Crippen molar-refractivity contribution in [3.05, 3.63) is 64.7 Å². The molecule has 0 heterocycles. The Morgan fingerprint density at radius 3 is 2.10 bits per heavy atom. The number of carbonyl (C=O) groups is 1. The zero-order valence-corrected chi connectivity index (χ0v) is 18.7. The van der Waals surface area contributed by atoms with Crippen LogP contribution in [-0.2, 0) is 20.3 Å². The Bertz CT molecular complexity index is 924. The van der Waals surface area contributed by atoms with Crippen LogP contribution in [0.5, 0.6) is 0 Å². The first-order valence-electron chi connectivity index (χ1n) is 9.37. The SMILES string of the molecule is CCC(CC)(CNC(=O)c1ccc(S(=O)(=O)N(C)OC)cc1)c1ccc(Cl)cc1. The molecule has 1 N–H and O–H groups in total. The second-order valence-electron chi connectivity index (χ2n) is 6.80. The molecule has 0 fully saturated rings. The molecule has 158 valence electrons. The number of amides is 1. The van der Waals surface area contributed by atoms with Crippen LogP contribution in [-0.4, -0.2) is 39.5 Å². The van der Waals surface area contributed by atoms with E-state index in [-0.39, 0.29) is 16.2 Å². The van der Waals surface area contributed by atoms with Crippen molar-refractivity contribution in [2.45, 2.75) is 37.0 Å². The lowest BCUT2D eigenvalue weighted by Crippen LogP contribution is -2.40. The van der Waals surface area contributed by atoms with Gasteiger partial charge in [0, 0.05) is 29.6 Å². The highest BCUT2D eigenvalue weighted by Crippen LogP contribution is 2.32. The van der Waals surface area contributed by atoms with E-state index >= 15 is 0 Å². The highest BCUT2D eigenvalue weighted by Gasteiger charge is 2.29. The molecule has 0 aliphatic carbocycles. The number of carbonyl (C=O) groups excluding carboxylic acids is 1. The highest BCUT2D eigenvalue weighted by atomic mass is 35.5. The monoisotopic (exact) mass is 438 g/mol. The summed E-state index contributed by atoms with van der Waals surface area (Å²) in [6, 6.07) is 13.5. The fourth-order valence-corrected chi connectivity index (χ4v) is 4.29. The standard InChI is InChI=1S/C21H27ClN2O4S/c1-5-21(6-2,17-9-11-18(22)12-10-17)15-23-20(25)16-7-13-19(14-8-16)29(26,27)24(3)28-4/h7-14H,5-6,15H2,1-4H3,(H,23,25). The van der Waals surface area contributed by atoms with E-state index in [9.17, 15) is 13.2 Å². The molecule has 8 heteroatoms. The minimum Gasteiger partial charge on any atom is -0.351 e. The second kappa shape index (κ2) is 9.71. The molecule has 1 amide bonds. The van der Waals surface area contributed by atoms with Gasteiger partial charge in [-0.3, -0.25) is 9.63 Å². The van der Waals surface area contributed by atoms with Gasteiger partial charge in [-0.05, 0) is 54.8 Å². The Labute approximate surface area is 177 Å². The van der Waals surface area contributed by atoms with Gasteiger partial charge < -0.3 is 5.32 Å². The van der Waals surface area contributed by atoms with E-state index in [1.54, 1.807) is 0 Å². The predicted octanol–water partition coefficient (Wildman–Crippen LogP) is 4.01. The Morgan fingerprint density at radius 1 is 1.07 bits per heavy atom. The molecule has 2 rings (SSSR count). The predicted molar refractivity (Wildman–Crippen MR) is 114 cm³/mol. The summed E-state index contributed by atoms with van der Waals surface area (Å²) >= 11 is 6.01. The summed E-state index contributed by atoms with van der Waals surface area (Å²) in [5, 5.41) is 3.66. The number of nitrogens with one attached hydrogen (secondary N) is 1. The van der Waals surface area contributed by atoms with Crippen molar-refractivity contribution < 1.29 is 18.0 Å². The lowest BCUT2D eigenvalue weighted by Gasteiger charge is -2.32. The molecule has 0 radical (unpaired) electrons. The van der Waals surface area contributed by atoms with Crippen LogP contribution in [0.4, 0.5) is 0 Å². The topological polar surface area (TPSA) is 75.7 Å². The minimum absolute atomic E-state index is 0.0519. The van der Waals surface area contributed by atoms with Crippen LogP contribution in [0.25, 0.3) is 0 Å². The average molecular weight is 439 g/mol. The lowest BCUT2D eigenvalue weighted by molar-refractivity contribution is -0.0258. The Kier molecular flexibility index (Phi) is 7.82. The summed E-state index contributed by atoms with van der Waals surface area (Å²) in [6.45, 7) is 4.65. The summed E-state index contributed by atoms with van der Waals surface area (Å²) in [6.07, 6.45) is 1.71. The minimum atomic E-state index is -3.75. The van der Waals surface area contributed by atoms with Gasteiger partial charge in [-0.15, -0.1) is 0 Å². The molecule has 0 saturated carbocycles. The number of hydrogen-bond acceptors (Lipinski definition) is 4. The van der Waals surface area contributed by atoms with Gasteiger partial charge in [0.25, 0.3) is 15.9 Å². The lowest BCUT2D eigenvalue weighted by atomic mass is 9.75. The quantitative estimate of drug-likeness (QED) is 0.600. The van der Waals surface area contributed by atoms with Gasteiger partial charge >= 0.3 is 0 Å². The Hall–Kier alpha value is -1.93. The Morgan fingerprint density at radius 2 is 1.62 bits per heavy atom. The van der Waals surface area contributed by atoms with Crippen LogP contribution in [0.3, 0.4) is 0 Å². The number of sulfonamides is 1. The molecule has 6 nitrogen and oxygen atoms in total. The van der Waals surface area contributed by atoms with Crippen molar-refractivity contribution in [3.8, 4) is 0 Å². The zero-order chi connectivity index (χ0) is 21.7. The first-order chi connectivity index (χ1) is 13.7. The van der Waals surface area contributed by atoms with Crippen LogP contribution in [0.15, 0.2) is 53.4 Å². The number of hydrogen-bond donors (Lipinski definition) is 1. The molecule has 0 unspecified atom stereocenters. The van der Waals surface area contributed by atoms with Crippen LogP contribution < -0.4 is 5.32 Å². The summed E-state index contributed by atoms with van der Waals surface area (Å²) in [5.41, 5.74) is 1.31. The fraction of sp³-hybridized carbons (Fsp3) is 0.381. The van der Waals surface area contributed by atoms with Crippen molar-refractivity contribution in [1.82, 2.24) is 9.79 Å². The number of benzene rings is 2. The van der Waals surface area contributed by atoms with Crippen molar-refractivity contribution >= 4 is 27.5 Å². The van der Waals surface area contributed by atoms with Crippen LogP contribution in [0, 0.1) is 0 Å². The van der Waals surface area contributed by atoms with Crippen LogP contribution >= 0.6 is 11.6 Å². The van der Waals surface area contributed by atoms with Crippen molar-refractivity contribution in [1.29, 1.82) is 0 Å². The van der Waals surface area contributed by atoms with E-state index in [0.29, 0.717) is 17.1 Å². The molecular formula is C21H27ClN2O4S. The third-order valence-corrected chi connectivity index (χ3v) is 7.35. The molecule has 2 aromatic rings. The molecule has 29 heavy (non-hydrogen) atoms. The van der Waals surface area contributed by atoms with Gasteiger partial charge in [0.2, 0.25) is 0 Å². The average Bonchev–Trinajstić information content (AvgIpc) is 2.75. The maximum Gasteiger partial charge on any atom is 0.264 e. The van der Waals surface area contributed by atoms with Gasteiger partial charge in [-0.1, -0.05) is 42.0 Å². The maximum absolute atomic E-state index is 12.6. The molecule has 0 aliphatic rings. The summed E-state index contributed by atoms with van der Waals surface area (Å²) in [4.78, 5) is 17.4. The molecule has 0 bridgehead atoms. The number of rotatable bonds is 9. The summed E-state index contributed by atoms with van der Waals surface area (Å²) in [5.74, 6) is -0.255. The first-order valence-corrected chi connectivity index (χ1v) is 11.2. The zero-order valence-electron chi connectivity index (χ0n) is 17.1. The fourth-order valence-electron chi connectivity index (χ4n) is 3.19. The number of hydroxylamine groups is 1. The molecule has 0 saturated heterocycles. The first kappa shape index (κ1) is 23.3. The van der Waals surface area contributed by atoms with Crippen LogP contribution in [0.2, 0.25) is 5.02 Å². The largest absolute Gasteiger partial charge is 0.351 e. The second-order valence-corrected chi connectivity index (χ2v) is 9.17. The van der Waals surface area contributed by atoms with E-state index < -0.39 is 10.0 Å². The normalized spacial score (nSPS) is 12.2. The van der Waals surface area contributed by atoms with E-state index in [1.165, 1.54) is 38.4 Å². The Balaban J connectivity index is 2.16. The highest BCUT2D eigenvalue weighted by molar-refractivity contribution is 7.89. The van der Waals surface area contributed by atoms with Gasteiger partial charge in [-0.25, -0.2) is 8.42 Å². The van der Waals surface area contributed by atoms with Crippen molar-refractivity contribution in [3.63, 3.8) is 0 Å². The van der Waals surface area contributed by atoms with E-state index in [2.05, 4.69) is 19.2 Å². The molecule has 0 aromatic heterocycles. The van der Waals surface area contributed by atoms with Crippen molar-refractivity contribution in [2.24, 2.45) is 0 Å².